The van der Waals surface area contributed by atoms with E-state index in [1.54, 1.807) is 12.4 Å². The maximum Gasteiger partial charge on any atom is 0.212 e. The first kappa shape index (κ1) is 15.3. The van der Waals surface area contributed by atoms with Crippen LogP contribution in [0.2, 0.25) is 0 Å². The summed E-state index contributed by atoms with van der Waals surface area (Å²) in [5, 5.41) is 4.34. The van der Waals surface area contributed by atoms with E-state index in [4.69, 9.17) is 0 Å². The van der Waals surface area contributed by atoms with Crippen LogP contribution in [0.3, 0.4) is 0 Å². The second-order valence-corrected chi connectivity index (χ2v) is 5.93. The van der Waals surface area contributed by atoms with Crippen LogP contribution in [0.1, 0.15) is 20.3 Å². The number of hydrogen-bond acceptors (Lipinski definition) is 4. The Hall–Kier alpha value is -2.56. The van der Waals surface area contributed by atoms with E-state index < -0.39 is 5.95 Å². The number of halogens is 1. The smallest absolute Gasteiger partial charge is 0.212 e. The summed E-state index contributed by atoms with van der Waals surface area (Å²) in [7, 11) is 0. The number of rotatable bonds is 5. The van der Waals surface area contributed by atoms with Crippen LogP contribution in [0.15, 0.2) is 42.9 Å². The van der Waals surface area contributed by atoms with Crippen molar-refractivity contribution in [2.45, 2.75) is 20.3 Å². The molecule has 1 N–H and O–H groups in total. The van der Waals surface area contributed by atoms with Crippen molar-refractivity contribution in [2.75, 3.05) is 11.9 Å². The van der Waals surface area contributed by atoms with Crippen molar-refractivity contribution in [3.05, 3.63) is 48.8 Å². The Morgan fingerprint density at radius 3 is 2.61 bits per heavy atom. The lowest BCUT2D eigenvalue weighted by molar-refractivity contribution is 0.584. The van der Waals surface area contributed by atoms with Gasteiger partial charge in [-0.3, -0.25) is 0 Å². The number of nitrogens with zero attached hydrogens (tertiary/aromatic N) is 3. The summed E-state index contributed by atoms with van der Waals surface area (Å²) in [5.41, 5.74) is 2.71. The number of aromatic nitrogens is 3. The van der Waals surface area contributed by atoms with Crippen LogP contribution < -0.4 is 5.32 Å². The van der Waals surface area contributed by atoms with Crippen molar-refractivity contribution >= 4 is 16.7 Å². The molecule has 0 saturated carbocycles. The molecule has 0 spiro atoms. The molecule has 23 heavy (non-hydrogen) atoms. The minimum atomic E-state index is -0.478. The number of benzene rings is 1. The van der Waals surface area contributed by atoms with E-state index in [2.05, 4.69) is 34.1 Å². The van der Waals surface area contributed by atoms with Gasteiger partial charge < -0.3 is 5.32 Å². The Labute approximate surface area is 134 Å². The fourth-order valence-electron chi connectivity index (χ4n) is 2.40. The average Bonchev–Trinajstić information content (AvgIpc) is 2.55. The van der Waals surface area contributed by atoms with Gasteiger partial charge in [0.1, 0.15) is 12.1 Å². The molecule has 4 nitrogen and oxygen atoms in total. The van der Waals surface area contributed by atoms with Crippen LogP contribution in [-0.2, 0) is 0 Å². The number of fused-ring (bicyclic) bond motifs is 1. The third-order valence-corrected chi connectivity index (χ3v) is 3.71. The van der Waals surface area contributed by atoms with Crippen LogP contribution in [0.25, 0.3) is 22.0 Å². The van der Waals surface area contributed by atoms with Crippen LogP contribution in [0.4, 0.5) is 10.2 Å². The lowest BCUT2D eigenvalue weighted by Gasteiger charge is -2.10. The Morgan fingerprint density at radius 2 is 1.87 bits per heavy atom. The first-order chi connectivity index (χ1) is 11.1. The summed E-state index contributed by atoms with van der Waals surface area (Å²) < 4.78 is 13.0. The molecule has 0 aliphatic rings. The summed E-state index contributed by atoms with van der Waals surface area (Å²) in [4.78, 5) is 12.4. The van der Waals surface area contributed by atoms with Gasteiger partial charge >= 0.3 is 0 Å². The lowest BCUT2D eigenvalue weighted by atomic mass is 10.1. The van der Waals surface area contributed by atoms with Crippen LogP contribution in [0.5, 0.6) is 0 Å². The van der Waals surface area contributed by atoms with E-state index in [-0.39, 0.29) is 0 Å². The second kappa shape index (κ2) is 6.69. The van der Waals surface area contributed by atoms with Crippen molar-refractivity contribution in [2.24, 2.45) is 5.92 Å². The van der Waals surface area contributed by atoms with Gasteiger partial charge in [-0.05, 0) is 42.2 Å². The van der Waals surface area contributed by atoms with E-state index in [1.807, 2.05) is 18.2 Å². The predicted molar refractivity (Wildman–Crippen MR) is 90.7 cm³/mol. The molecule has 0 radical (unpaired) electrons. The van der Waals surface area contributed by atoms with Crippen molar-refractivity contribution in [3.8, 4) is 11.1 Å². The van der Waals surface area contributed by atoms with E-state index in [9.17, 15) is 4.39 Å². The topological polar surface area (TPSA) is 50.7 Å². The average molecular weight is 310 g/mol. The van der Waals surface area contributed by atoms with Gasteiger partial charge in [0.25, 0.3) is 0 Å². The maximum atomic E-state index is 13.0. The Balaban J connectivity index is 1.95. The highest BCUT2D eigenvalue weighted by Gasteiger charge is 2.07. The van der Waals surface area contributed by atoms with Crippen molar-refractivity contribution in [1.82, 2.24) is 15.0 Å². The summed E-state index contributed by atoms with van der Waals surface area (Å²) in [6.45, 7) is 5.25. The van der Waals surface area contributed by atoms with Crippen molar-refractivity contribution in [1.29, 1.82) is 0 Å². The van der Waals surface area contributed by atoms with Gasteiger partial charge in [-0.15, -0.1) is 0 Å². The van der Waals surface area contributed by atoms with Crippen molar-refractivity contribution in [3.63, 3.8) is 0 Å². The molecule has 3 aromatic rings. The molecular formula is C18H19FN4. The highest BCUT2D eigenvalue weighted by Crippen LogP contribution is 2.26. The van der Waals surface area contributed by atoms with E-state index in [0.29, 0.717) is 5.92 Å². The highest BCUT2D eigenvalue weighted by atomic mass is 19.1. The minimum absolute atomic E-state index is 0.478. The molecule has 2 heterocycles. The lowest BCUT2D eigenvalue weighted by Crippen LogP contribution is -2.06. The fourth-order valence-corrected chi connectivity index (χ4v) is 2.40. The fraction of sp³-hybridized carbons (Fsp3) is 0.278. The van der Waals surface area contributed by atoms with Gasteiger partial charge in [-0.25, -0.2) is 15.0 Å². The number of nitrogens with one attached hydrogen (secondary N) is 1. The first-order valence-corrected chi connectivity index (χ1v) is 7.74. The Morgan fingerprint density at radius 1 is 1.04 bits per heavy atom. The van der Waals surface area contributed by atoms with Crippen molar-refractivity contribution < 1.29 is 4.39 Å². The molecular weight excluding hydrogens is 291 g/mol. The van der Waals surface area contributed by atoms with Crippen LogP contribution in [-0.4, -0.2) is 21.5 Å². The van der Waals surface area contributed by atoms with E-state index in [1.165, 1.54) is 12.3 Å². The number of pyridine rings is 1. The van der Waals surface area contributed by atoms with Gasteiger partial charge in [0.05, 0.1) is 5.52 Å². The molecule has 0 saturated heterocycles. The number of anilines is 1. The minimum Gasteiger partial charge on any atom is -0.369 e. The van der Waals surface area contributed by atoms with Gasteiger partial charge in [-0.2, -0.15) is 4.39 Å². The molecule has 5 heteroatoms. The van der Waals surface area contributed by atoms with Gasteiger partial charge in [0.15, 0.2) is 0 Å². The maximum absolute atomic E-state index is 13.0. The predicted octanol–water partition coefficient (Wildman–Crippen LogP) is 4.29. The first-order valence-electron chi connectivity index (χ1n) is 7.74. The second-order valence-electron chi connectivity index (χ2n) is 5.93. The molecule has 3 rings (SSSR count). The molecule has 0 fully saturated rings. The molecule has 0 bridgehead atoms. The molecule has 118 valence electrons. The zero-order valence-corrected chi connectivity index (χ0v) is 13.3. The summed E-state index contributed by atoms with van der Waals surface area (Å²) >= 11 is 0. The van der Waals surface area contributed by atoms with Crippen LogP contribution in [0, 0.1) is 11.9 Å². The molecule has 0 atom stereocenters. The third-order valence-electron chi connectivity index (χ3n) is 3.71. The van der Waals surface area contributed by atoms with E-state index >= 15 is 0 Å². The Kier molecular flexibility index (Phi) is 4.46. The highest BCUT2D eigenvalue weighted by molar-refractivity contribution is 5.92. The van der Waals surface area contributed by atoms with Gasteiger partial charge in [0.2, 0.25) is 5.95 Å². The van der Waals surface area contributed by atoms with Gasteiger partial charge in [0, 0.05) is 23.7 Å². The SMILES string of the molecule is CC(C)CCNc1ncnc2ccc(-c3ccc(F)nc3)cc12. The molecule has 0 unspecified atom stereocenters. The van der Waals surface area contributed by atoms with Crippen LogP contribution >= 0.6 is 0 Å². The van der Waals surface area contributed by atoms with Gasteiger partial charge in [-0.1, -0.05) is 19.9 Å². The molecule has 0 aliphatic heterocycles. The summed E-state index contributed by atoms with van der Waals surface area (Å²) in [6.07, 6.45) is 4.18. The molecule has 0 amide bonds. The molecule has 0 aliphatic carbocycles. The zero-order chi connectivity index (χ0) is 16.2. The monoisotopic (exact) mass is 310 g/mol. The summed E-state index contributed by atoms with van der Waals surface area (Å²) in [5.74, 6) is 0.984. The number of hydrogen-bond donors (Lipinski definition) is 1. The standard InChI is InChI=1S/C18H19FN4/c1-12(2)7-8-20-18-15-9-13(3-5-16(15)22-11-23-18)14-4-6-17(19)21-10-14/h3-6,9-12H,7-8H2,1-2H3,(H,20,22,23). The largest absolute Gasteiger partial charge is 0.369 e. The van der Waals surface area contributed by atoms with E-state index in [0.717, 1.165) is 40.8 Å². The molecule has 1 aromatic carbocycles. The quantitative estimate of drug-likeness (QED) is 0.714. The third kappa shape index (κ3) is 3.62. The summed E-state index contributed by atoms with van der Waals surface area (Å²) in [6, 6.07) is 9.01. The Bertz CT molecular complexity index is 800. The zero-order valence-electron chi connectivity index (χ0n) is 13.3. The molecule has 2 aromatic heterocycles. The normalized spacial score (nSPS) is 11.1.